The van der Waals surface area contributed by atoms with Gasteiger partial charge in [0.1, 0.15) is 0 Å². The molecule has 0 atom stereocenters. The topological polar surface area (TPSA) is 80.8 Å². The molecule has 1 heterocycles. The van der Waals surface area contributed by atoms with E-state index in [0.717, 1.165) is 0 Å². The largest absolute Gasteiger partial charge is 0.333 e. The predicted octanol–water partition coefficient (Wildman–Crippen LogP) is 1.29. The van der Waals surface area contributed by atoms with Crippen LogP contribution in [0.5, 0.6) is 0 Å². The van der Waals surface area contributed by atoms with Crippen LogP contribution in [0, 0.1) is 0 Å². The maximum absolute atomic E-state index is 11.8. The van der Waals surface area contributed by atoms with Crippen molar-refractivity contribution in [1.82, 2.24) is 5.06 Å². The van der Waals surface area contributed by atoms with Gasteiger partial charge in [-0.05, 0) is 23.7 Å². The van der Waals surface area contributed by atoms with E-state index in [2.05, 4.69) is 4.84 Å². The van der Waals surface area contributed by atoms with E-state index in [9.17, 15) is 19.2 Å². The molecule has 1 aliphatic heterocycles. The van der Waals surface area contributed by atoms with E-state index in [4.69, 9.17) is 11.6 Å². The Labute approximate surface area is 112 Å². The van der Waals surface area contributed by atoms with Crippen LogP contribution in [0.3, 0.4) is 0 Å². The lowest BCUT2D eigenvalue weighted by atomic mass is 10.1. The summed E-state index contributed by atoms with van der Waals surface area (Å²) in [6, 6.07) is 6.13. The Hall–Kier alpha value is -2.21. The van der Waals surface area contributed by atoms with Crippen LogP contribution in [-0.4, -0.2) is 28.1 Å². The van der Waals surface area contributed by atoms with E-state index in [-0.39, 0.29) is 24.0 Å². The van der Waals surface area contributed by atoms with E-state index in [0.29, 0.717) is 5.06 Å². The van der Waals surface area contributed by atoms with Crippen molar-refractivity contribution in [3.8, 4) is 0 Å². The lowest BCUT2D eigenvalue weighted by Crippen LogP contribution is -2.32. The third kappa shape index (κ3) is 2.63. The zero-order valence-electron chi connectivity index (χ0n) is 9.59. The van der Waals surface area contributed by atoms with E-state index < -0.39 is 23.0 Å². The molecule has 0 aromatic heterocycles. The van der Waals surface area contributed by atoms with Gasteiger partial charge in [0.25, 0.3) is 11.8 Å². The molecular formula is C12H8ClNO5. The summed E-state index contributed by atoms with van der Waals surface area (Å²) in [6.45, 7) is 0. The molecule has 19 heavy (non-hydrogen) atoms. The highest BCUT2D eigenvalue weighted by molar-refractivity contribution is 6.63. The van der Waals surface area contributed by atoms with Crippen LogP contribution in [-0.2, 0) is 14.4 Å². The number of hydroxylamine groups is 2. The molecule has 0 aliphatic carbocycles. The Balaban J connectivity index is 2.08. The van der Waals surface area contributed by atoms with Crippen LogP contribution in [0.15, 0.2) is 24.3 Å². The average Bonchev–Trinajstić information content (AvgIpc) is 2.62. The van der Waals surface area contributed by atoms with Gasteiger partial charge in [-0.3, -0.25) is 14.4 Å². The van der Waals surface area contributed by atoms with Gasteiger partial charge in [0, 0.05) is 6.42 Å². The minimum atomic E-state index is -0.872. The minimum Gasteiger partial charge on any atom is -0.330 e. The number of nitrogens with zero attached hydrogens (tertiary/aromatic N) is 1. The molecule has 0 saturated heterocycles. The first kappa shape index (κ1) is 13.2. The Morgan fingerprint density at radius 1 is 1.05 bits per heavy atom. The van der Waals surface area contributed by atoms with E-state index in [1.165, 1.54) is 12.1 Å². The Bertz CT molecular complexity index is 548. The predicted molar refractivity (Wildman–Crippen MR) is 63.1 cm³/mol. The highest BCUT2D eigenvalue weighted by Gasteiger charge is 2.38. The van der Waals surface area contributed by atoms with Crippen molar-refractivity contribution in [1.29, 1.82) is 0 Å². The summed E-state index contributed by atoms with van der Waals surface area (Å²) < 4.78 is 0. The molecule has 0 spiro atoms. The number of carbonyl (C=O) groups excluding carboxylic acids is 4. The molecule has 98 valence electrons. The number of halogens is 1. The molecule has 0 N–H and O–H groups in total. The fourth-order valence-electron chi connectivity index (χ4n) is 1.60. The summed E-state index contributed by atoms with van der Waals surface area (Å²) in [5.74, 6) is -2.28. The third-order valence-electron chi connectivity index (χ3n) is 2.48. The first-order valence-corrected chi connectivity index (χ1v) is 5.75. The summed E-state index contributed by atoms with van der Waals surface area (Å²) in [5, 5.41) is -0.301. The van der Waals surface area contributed by atoms with Crippen LogP contribution in [0.1, 0.15) is 33.6 Å². The van der Waals surface area contributed by atoms with Gasteiger partial charge in [-0.25, -0.2) is 4.79 Å². The second-order valence-electron chi connectivity index (χ2n) is 3.77. The van der Waals surface area contributed by atoms with Gasteiger partial charge in [0.2, 0.25) is 5.24 Å². The first-order valence-electron chi connectivity index (χ1n) is 5.37. The van der Waals surface area contributed by atoms with Crippen molar-refractivity contribution in [2.24, 2.45) is 0 Å². The number of hydrogen-bond acceptors (Lipinski definition) is 5. The van der Waals surface area contributed by atoms with E-state index in [1.807, 2.05) is 0 Å². The van der Waals surface area contributed by atoms with Crippen molar-refractivity contribution in [2.45, 2.75) is 12.8 Å². The third-order valence-corrected chi connectivity index (χ3v) is 2.66. The van der Waals surface area contributed by atoms with Crippen LogP contribution in [0.25, 0.3) is 0 Å². The van der Waals surface area contributed by atoms with Crippen molar-refractivity contribution in [2.75, 3.05) is 0 Å². The summed E-state index contributed by atoms with van der Waals surface area (Å²) in [4.78, 5) is 50.2. The molecule has 1 aromatic carbocycles. The van der Waals surface area contributed by atoms with Gasteiger partial charge in [0.05, 0.1) is 17.5 Å². The van der Waals surface area contributed by atoms with Gasteiger partial charge in [0.15, 0.2) is 0 Å². The maximum Gasteiger partial charge on any atom is 0.333 e. The zero-order valence-corrected chi connectivity index (χ0v) is 10.3. The Kier molecular flexibility index (Phi) is 3.62. The van der Waals surface area contributed by atoms with Crippen molar-refractivity contribution in [3.63, 3.8) is 0 Å². The number of imide groups is 1. The van der Waals surface area contributed by atoms with E-state index in [1.54, 1.807) is 12.1 Å². The first-order chi connectivity index (χ1) is 9.00. The van der Waals surface area contributed by atoms with Crippen molar-refractivity contribution >= 4 is 34.6 Å². The van der Waals surface area contributed by atoms with Crippen molar-refractivity contribution < 1.29 is 24.0 Å². The number of fused-ring (bicyclic) bond motifs is 1. The quantitative estimate of drug-likeness (QED) is 0.613. The fraction of sp³-hybridized carbons (Fsp3) is 0.167. The molecule has 0 bridgehead atoms. The molecule has 6 nitrogen and oxygen atoms in total. The number of carbonyl (C=O) groups is 4. The fourth-order valence-corrected chi connectivity index (χ4v) is 1.69. The SMILES string of the molecule is O=C(Cl)CCC(=O)ON1C(=O)c2ccccc2C1=O. The van der Waals surface area contributed by atoms with Gasteiger partial charge in [-0.15, -0.1) is 0 Å². The summed E-state index contributed by atoms with van der Waals surface area (Å²) in [6.07, 6.45) is -0.515. The Morgan fingerprint density at radius 3 is 2.05 bits per heavy atom. The molecule has 1 aliphatic rings. The molecule has 0 saturated carbocycles. The molecular weight excluding hydrogens is 274 g/mol. The molecule has 7 heteroatoms. The molecule has 0 unspecified atom stereocenters. The van der Waals surface area contributed by atoms with Crippen LogP contribution < -0.4 is 0 Å². The lowest BCUT2D eigenvalue weighted by Gasteiger charge is -2.11. The van der Waals surface area contributed by atoms with Gasteiger partial charge >= 0.3 is 5.97 Å². The number of hydrogen-bond donors (Lipinski definition) is 0. The normalized spacial score (nSPS) is 13.4. The summed E-state index contributed by atoms with van der Waals surface area (Å²) >= 11 is 5.07. The molecule has 1 aromatic rings. The zero-order chi connectivity index (χ0) is 14.0. The van der Waals surface area contributed by atoms with Crippen LogP contribution >= 0.6 is 11.6 Å². The summed E-state index contributed by atoms with van der Waals surface area (Å²) in [7, 11) is 0. The molecule has 2 rings (SSSR count). The highest BCUT2D eigenvalue weighted by Crippen LogP contribution is 2.22. The van der Waals surface area contributed by atoms with Crippen molar-refractivity contribution in [3.05, 3.63) is 35.4 Å². The standard InChI is InChI=1S/C12H8ClNO5/c13-9(15)5-6-10(16)19-14-11(17)7-3-1-2-4-8(7)12(14)18/h1-4H,5-6H2. The Morgan fingerprint density at radius 2 is 1.58 bits per heavy atom. The van der Waals surface area contributed by atoms with Gasteiger partial charge < -0.3 is 4.84 Å². The number of rotatable bonds is 4. The van der Waals surface area contributed by atoms with Gasteiger partial charge in [-0.2, -0.15) is 0 Å². The second kappa shape index (κ2) is 5.19. The number of amides is 2. The minimum absolute atomic E-state index is 0.175. The maximum atomic E-state index is 11.8. The number of benzene rings is 1. The molecule has 2 amide bonds. The smallest absolute Gasteiger partial charge is 0.330 e. The van der Waals surface area contributed by atoms with E-state index >= 15 is 0 Å². The molecule has 0 fully saturated rings. The second-order valence-corrected chi connectivity index (χ2v) is 4.19. The average molecular weight is 282 g/mol. The van der Waals surface area contributed by atoms with Crippen LogP contribution in [0.2, 0.25) is 0 Å². The lowest BCUT2D eigenvalue weighted by molar-refractivity contribution is -0.168. The summed E-state index contributed by atoms with van der Waals surface area (Å²) in [5.41, 5.74) is 0.349. The molecule has 0 radical (unpaired) electrons. The van der Waals surface area contributed by atoms with Crippen LogP contribution in [0.4, 0.5) is 0 Å². The van der Waals surface area contributed by atoms with Gasteiger partial charge in [-0.1, -0.05) is 17.2 Å². The monoisotopic (exact) mass is 281 g/mol. The highest BCUT2D eigenvalue weighted by atomic mass is 35.5.